The van der Waals surface area contributed by atoms with Crippen LogP contribution in [0.15, 0.2) is 42.5 Å². The Hall–Kier alpha value is -3.42. The molecule has 0 saturated heterocycles. The summed E-state index contributed by atoms with van der Waals surface area (Å²) in [7, 11) is 3.86. The fraction of sp³-hybridized carbons (Fsp3) is 0.263. The number of non-ortho nitro benzene ring substituents is 1. The smallest absolute Gasteiger partial charge is 0.338 e. The van der Waals surface area contributed by atoms with Crippen LogP contribution in [0.5, 0.6) is 0 Å². The number of carbonyl (C=O) groups is 2. The van der Waals surface area contributed by atoms with Gasteiger partial charge in [0.2, 0.25) is 0 Å². The Bertz CT molecular complexity index is 847. The number of nitrogens with zero attached hydrogens (tertiary/aromatic N) is 2. The van der Waals surface area contributed by atoms with E-state index in [-0.39, 0.29) is 30.0 Å². The summed E-state index contributed by atoms with van der Waals surface area (Å²) in [4.78, 5) is 36.7. The van der Waals surface area contributed by atoms with Gasteiger partial charge in [-0.05, 0) is 30.7 Å². The molecule has 8 nitrogen and oxygen atoms in total. The minimum atomic E-state index is -0.713. The van der Waals surface area contributed by atoms with Crippen molar-refractivity contribution >= 4 is 23.3 Å². The molecule has 0 aliphatic heterocycles. The quantitative estimate of drug-likeness (QED) is 0.456. The predicted octanol–water partition coefficient (Wildman–Crippen LogP) is 2.77. The van der Waals surface area contributed by atoms with E-state index < -0.39 is 16.8 Å². The lowest BCUT2D eigenvalue weighted by molar-refractivity contribution is -0.384. The van der Waals surface area contributed by atoms with E-state index in [9.17, 15) is 19.7 Å². The number of amides is 1. The summed E-state index contributed by atoms with van der Waals surface area (Å²) >= 11 is 0. The third kappa shape index (κ3) is 5.27. The third-order valence-electron chi connectivity index (χ3n) is 3.81. The molecule has 0 spiro atoms. The van der Waals surface area contributed by atoms with E-state index in [4.69, 9.17) is 4.74 Å². The number of nitrogens with one attached hydrogen (secondary N) is 1. The van der Waals surface area contributed by atoms with E-state index >= 15 is 0 Å². The molecular weight excluding hydrogens is 350 g/mol. The lowest BCUT2D eigenvalue weighted by Crippen LogP contribution is -2.23. The molecule has 0 unspecified atom stereocenters. The van der Waals surface area contributed by atoms with Gasteiger partial charge in [-0.1, -0.05) is 12.1 Å². The van der Waals surface area contributed by atoms with Crippen molar-refractivity contribution in [2.24, 2.45) is 0 Å². The van der Waals surface area contributed by atoms with E-state index in [1.807, 2.05) is 43.3 Å². The maximum atomic E-state index is 12.4. The molecule has 142 valence electrons. The highest BCUT2D eigenvalue weighted by Crippen LogP contribution is 2.19. The fourth-order valence-electron chi connectivity index (χ4n) is 2.38. The van der Waals surface area contributed by atoms with Gasteiger partial charge in [0.1, 0.15) is 0 Å². The van der Waals surface area contributed by atoms with Crippen LogP contribution in [0.25, 0.3) is 0 Å². The van der Waals surface area contributed by atoms with Crippen molar-refractivity contribution in [1.82, 2.24) is 5.32 Å². The van der Waals surface area contributed by atoms with Crippen molar-refractivity contribution < 1.29 is 19.2 Å². The summed E-state index contributed by atoms with van der Waals surface area (Å²) in [5.41, 5.74) is 1.55. The maximum absolute atomic E-state index is 12.4. The minimum Gasteiger partial charge on any atom is -0.462 e. The first-order valence-electron chi connectivity index (χ1n) is 8.33. The second-order valence-corrected chi connectivity index (χ2v) is 5.99. The van der Waals surface area contributed by atoms with Crippen LogP contribution in [0, 0.1) is 10.1 Å². The molecule has 0 heterocycles. The van der Waals surface area contributed by atoms with Crippen LogP contribution in [0.2, 0.25) is 0 Å². The maximum Gasteiger partial charge on any atom is 0.338 e. The standard InChI is InChI=1S/C19H21N3O5/c1-4-27-19(24)15-9-14(10-17(11-15)22(25)26)18(23)20-12-13-5-7-16(8-6-13)21(2)3/h5-11H,4,12H2,1-3H3,(H,20,23). The van der Waals surface area contributed by atoms with Gasteiger partial charge in [0.05, 0.1) is 17.1 Å². The van der Waals surface area contributed by atoms with Gasteiger partial charge in [-0.15, -0.1) is 0 Å². The molecule has 2 aromatic rings. The van der Waals surface area contributed by atoms with Gasteiger partial charge in [-0.3, -0.25) is 14.9 Å². The highest BCUT2D eigenvalue weighted by Gasteiger charge is 2.18. The van der Waals surface area contributed by atoms with Gasteiger partial charge >= 0.3 is 5.97 Å². The van der Waals surface area contributed by atoms with Crippen molar-refractivity contribution in [1.29, 1.82) is 0 Å². The van der Waals surface area contributed by atoms with Crippen LogP contribution in [0.4, 0.5) is 11.4 Å². The number of rotatable bonds is 7. The molecule has 27 heavy (non-hydrogen) atoms. The van der Waals surface area contributed by atoms with Crippen LogP contribution in [-0.4, -0.2) is 37.5 Å². The first kappa shape index (κ1) is 19.9. The molecule has 0 aromatic heterocycles. The molecule has 0 aliphatic rings. The lowest BCUT2D eigenvalue weighted by atomic mass is 10.1. The monoisotopic (exact) mass is 371 g/mol. The van der Waals surface area contributed by atoms with Crippen molar-refractivity contribution in [3.63, 3.8) is 0 Å². The van der Waals surface area contributed by atoms with Gasteiger partial charge in [-0.25, -0.2) is 4.79 Å². The zero-order valence-corrected chi connectivity index (χ0v) is 15.4. The van der Waals surface area contributed by atoms with Crippen LogP contribution >= 0.6 is 0 Å². The molecule has 0 radical (unpaired) electrons. The summed E-state index contributed by atoms with van der Waals surface area (Å²) in [6.45, 7) is 2.01. The van der Waals surface area contributed by atoms with Gasteiger partial charge in [0, 0.05) is 44.0 Å². The summed E-state index contributed by atoms with van der Waals surface area (Å²) in [6, 6.07) is 11.1. The number of esters is 1. The first-order chi connectivity index (χ1) is 12.8. The highest BCUT2D eigenvalue weighted by molar-refractivity contribution is 5.99. The summed E-state index contributed by atoms with van der Waals surface area (Å²) < 4.78 is 4.86. The van der Waals surface area contributed by atoms with Crippen LogP contribution in [0.1, 0.15) is 33.2 Å². The van der Waals surface area contributed by atoms with Crippen molar-refractivity contribution in [2.75, 3.05) is 25.6 Å². The van der Waals surface area contributed by atoms with E-state index in [1.54, 1.807) is 6.92 Å². The van der Waals surface area contributed by atoms with Crippen LogP contribution in [-0.2, 0) is 11.3 Å². The Morgan fingerprint density at radius 1 is 1.11 bits per heavy atom. The number of nitro benzene ring substituents is 1. The van der Waals surface area contributed by atoms with Crippen molar-refractivity contribution in [2.45, 2.75) is 13.5 Å². The number of anilines is 1. The number of hydrogen-bond donors (Lipinski definition) is 1. The van der Waals surface area contributed by atoms with Crippen LogP contribution < -0.4 is 10.2 Å². The summed E-state index contributed by atoms with van der Waals surface area (Å²) in [5.74, 6) is -1.23. The van der Waals surface area contributed by atoms with E-state index in [0.717, 1.165) is 23.4 Å². The molecular formula is C19H21N3O5. The summed E-state index contributed by atoms with van der Waals surface area (Å²) in [6.07, 6.45) is 0. The zero-order valence-electron chi connectivity index (χ0n) is 15.4. The average Bonchev–Trinajstić information content (AvgIpc) is 2.66. The molecule has 1 amide bonds. The number of hydrogen-bond acceptors (Lipinski definition) is 6. The molecule has 1 N–H and O–H groups in total. The topological polar surface area (TPSA) is 102 Å². The molecule has 0 saturated carbocycles. The third-order valence-corrected chi connectivity index (χ3v) is 3.81. The largest absolute Gasteiger partial charge is 0.462 e. The van der Waals surface area contributed by atoms with E-state index in [2.05, 4.69) is 5.32 Å². The lowest BCUT2D eigenvalue weighted by Gasteiger charge is -2.13. The normalized spacial score (nSPS) is 10.2. The Kier molecular flexibility index (Phi) is 6.48. The van der Waals surface area contributed by atoms with Crippen molar-refractivity contribution in [3.8, 4) is 0 Å². The van der Waals surface area contributed by atoms with E-state index in [0.29, 0.717) is 0 Å². The Labute approximate surface area is 156 Å². The Balaban J connectivity index is 2.16. The average molecular weight is 371 g/mol. The van der Waals surface area contributed by atoms with Gasteiger partial charge in [0.25, 0.3) is 11.6 Å². The molecule has 0 aliphatic carbocycles. The molecule has 0 atom stereocenters. The van der Waals surface area contributed by atoms with Crippen LogP contribution in [0.3, 0.4) is 0 Å². The zero-order chi connectivity index (χ0) is 20.0. The molecule has 8 heteroatoms. The molecule has 2 aromatic carbocycles. The SMILES string of the molecule is CCOC(=O)c1cc(C(=O)NCc2ccc(N(C)C)cc2)cc([N+](=O)[O-])c1. The van der Waals surface area contributed by atoms with Crippen molar-refractivity contribution in [3.05, 3.63) is 69.3 Å². The first-order valence-corrected chi connectivity index (χ1v) is 8.33. The summed E-state index contributed by atoms with van der Waals surface area (Å²) in [5, 5.41) is 13.8. The molecule has 2 rings (SSSR count). The number of benzene rings is 2. The number of carbonyl (C=O) groups excluding carboxylic acids is 2. The molecule has 0 fully saturated rings. The molecule has 0 bridgehead atoms. The highest BCUT2D eigenvalue weighted by atomic mass is 16.6. The number of nitro groups is 1. The second-order valence-electron chi connectivity index (χ2n) is 5.99. The second kappa shape index (κ2) is 8.79. The Morgan fingerprint density at radius 3 is 2.30 bits per heavy atom. The number of ether oxygens (including phenoxy) is 1. The Morgan fingerprint density at radius 2 is 1.74 bits per heavy atom. The predicted molar refractivity (Wildman–Crippen MR) is 101 cm³/mol. The minimum absolute atomic E-state index is 0.0252. The van der Waals surface area contributed by atoms with Gasteiger partial charge < -0.3 is 15.0 Å². The fourth-order valence-corrected chi connectivity index (χ4v) is 2.38. The van der Waals surface area contributed by atoms with E-state index in [1.165, 1.54) is 6.07 Å². The van der Waals surface area contributed by atoms with Gasteiger partial charge in [-0.2, -0.15) is 0 Å². The van der Waals surface area contributed by atoms with Gasteiger partial charge in [0.15, 0.2) is 0 Å².